The zero-order valence-corrected chi connectivity index (χ0v) is 17.9. The molecule has 0 radical (unpaired) electrons. The second-order valence-electron chi connectivity index (χ2n) is 7.21. The van der Waals surface area contributed by atoms with E-state index in [1.807, 2.05) is 25.1 Å². The van der Waals surface area contributed by atoms with Crippen LogP contribution < -0.4 is 19.8 Å². The van der Waals surface area contributed by atoms with Crippen LogP contribution in [0, 0.1) is 0 Å². The van der Waals surface area contributed by atoms with E-state index in [9.17, 15) is 4.79 Å². The predicted molar refractivity (Wildman–Crippen MR) is 120 cm³/mol. The van der Waals surface area contributed by atoms with Gasteiger partial charge in [-0.15, -0.1) is 0 Å². The average molecular weight is 411 g/mol. The molecular weight excluding hydrogens is 380 g/mol. The monoisotopic (exact) mass is 410 g/mol. The van der Waals surface area contributed by atoms with Gasteiger partial charge in [0.05, 0.1) is 19.9 Å². The molecule has 2 aromatic carbocycles. The molecule has 1 heterocycles. The summed E-state index contributed by atoms with van der Waals surface area (Å²) in [5, 5.41) is 4.24. The topological polar surface area (TPSA) is 66.4 Å². The van der Waals surface area contributed by atoms with Crippen molar-refractivity contribution in [3.05, 3.63) is 54.1 Å². The van der Waals surface area contributed by atoms with Crippen molar-refractivity contribution < 1.29 is 14.3 Å². The number of hydrazone groups is 1. The predicted octanol–water partition coefficient (Wildman–Crippen LogP) is 2.76. The molecule has 1 amide bonds. The van der Waals surface area contributed by atoms with E-state index in [2.05, 4.69) is 44.6 Å². The van der Waals surface area contributed by atoms with E-state index in [0.29, 0.717) is 23.6 Å². The zero-order valence-electron chi connectivity index (χ0n) is 17.9. The highest BCUT2D eigenvalue weighted by molar-refractivity contribution is 6.01. The van der Waals surface area contributed by atoms with E-state index in [1.165, 1.54) is 5.69 Å². The third-order valence-electron chi connectivity index (χ3n) is 5.30. The summed E-state index contributed by atoms with van der Waals surface area (Å²) in [4.78, 5) is 17.0. The van der Waals surface area contributed by atoms with Crippen LogP contribution in [-0.2, 0) is 4.79 Å². The smallest absolute Gasteiger partial charge is 0.241 e. The number of rotatable bonds is 8. The largest absolute Gasteiger partial charge is 0.497 e. The Morgan fingerprint density at radius 3 is 2.43 bits per heavy atom. The molecule has 1 aliphatic heterocycles. The minimum Gasteiger partial charge on any atom is -0.497 e. The molecule has 0 unspecified atom stereocenters. The van der Waals surface area contributed by atoms with Gasteiger partial charge < -0.3 is 14.4 Å². The second kappa shape index (κ2) is 10.6. The van der Waals surface area contributed by atoms with Gasteiger partial charge in [-0.1, -0.05) is 18.2 Å². The molecule has 3 rings (SSSR count). The Morgan fingerprint density at radius 2 is 1.77 bits per heavy atom. The molecule has 7 heteroatoms. The summed E-state index contributed by atoms with van der Waals surface area (Å²) >= 11 is 0. The van der Waals surface area contributed by atoms with Crippen molar-refractivity contribution in [2.75, 3.05) is 51.8 Å². The maximum Gasteiger partial charge on any atom is 0.241 e. The second-order valence-corrected chi connectivity index (χ2v) is 7.21. The number of carbonyl (C=O) groups is 1. The normalized spacial score (nSPS) is 15.0. The van der Waals surface area contributed by atoms with Gasteiger partial charge >= 0.3 is 0 Å². The van der Waals surface area contributed by atoms with Gasteiger partial charge in [0.25, 0.3) is 0 Å². The Kier molecular flexibility index (Phi) is 7.68. The van der Waals surface area contributed by atoms with Gasteiger partial charge in [-0.3, -0.25) is 9.69 Å². The van der Waals surface area contributed by atoms with Gasteiger partial charge in [0.2, 0.25) is 5.91 Å². The van der Waals surface area contributed by atoms with Crippen molar-refractivity contribution in [1.29, 1.82) is 0 Å². The molecule has 0 spiro atoms. The number of hydrogen-bond donors (Lipinski definition) is 1. The molecule has 1 saturated heterocycles. The highest BCUT2D eigenvalue weighted by atomic mass is 16.5. The molecule has 0 saturated carbocycles. The van der Waals surface area contributed by atoms with E-state index in [-0.39, 0.29) is 5.91 Å². The minimum absolute atomic E-state index is 0.0904. The molecule has 1 N–H and O–H groups in total. The zero-order chi connectivity index (χ0) is 21.3. The molecule has 2 aromatic rings. The van der Waals surface area contributed by atoms with E-state index in [4.69, 9.17) is 9.47 Å². The Hall–Kier alpha value is -3.06. The Balaban J connectivity index is 1.45. The SMILES string of the molecule is COc1ccc(/C(C)=N/NC(=O)CCN2CCN(c3ccccc3)CC2)c(OC)c1. The quantitative estimate of drug-likeness (QED) is 0.535. The third-order valence-corrected chi connectivity index (χ3v) is 5.30. The highest BCUT2D eigenvalue weighted by Gasteiger charge is 2.17. The van der Waals surface area contributed by atoms with E-state index in [1.54, 1.807) is 20.3 Å². The third kappa shape index (κ3) is 5.73. The summed E-state index contributed by atoms with van der Waals surface area (Å²) in [6.45, 7) is 6.42. The molecule has 0 bridgehead atoms. The number of methoxy groups -OCH3 is 2. The molecule has 0 aromatic heterocycles. The standard InChI is InChI=1S/C23H30N4O3/c1-18(21-10-9-20(29-2)17-22(21)30-3)24-25-23(28)11-12-26-13-15-27(16-14-26)19-7-5-4-6-8-19/h4-10,17H,11-16H2,1-3H3,(H,25,28)/b24-18+. The number of piperazine rings is 1. The lowest BCUT2D eigenvalue weighted by Crippen LogP contribution is -2.47. The van der Waals surface area contributed by atoms with Crippen molar-refractivity contribution in [3.8, 4) is 11.5 Å². The fourth-order valence-corrected chi connectivity index (χ4v) is 3.49. The molecule has 0 atom stereocenters. The van der Waals surface area contributed by atoms with Crippen molar-refractivity contribution in [1.82, 2.24) is 10.3 Å². The summed E-state index contributed by atoms with van der Waals surface area (Å²) in [7, 11) is 3.21. The number of hydrogen-bond acceptors (Lipinski definition) is 6. The van der Waals surface area contributed by atoms with Gasteiger partial charge in [-0.05, 0) is 31.2 Å². The lowest BCUT2D eigenvalue weighted by molar-refractivity contribution is -0.121. The van der Waals surface area contributed by atoms with Gasteiger partial charge in [0.15, 0.2) is 0 Å². The maximum atomic E-state index is 12.3. The number of ether oxygens (including phenoxy) is 2. The number of nitrogens with one attached hydrogen (secondary N) is 1. The van der Waals surface area contributed by atoms with Crippen molar-refractivity contribution in [2.45, 2.75) is 13.3 Å². The first-order chi connectivity index (χ1) is 14.6. The molecule has 30 heavy (non-hydrogen) atoms. The Morgan fingerprint density at radius 1 is 1.03 bits per heavy atom. The van der Waals surface area contributed by atoms with Crippen LogP contribution in [0.4, 0.5) is 5.69 Å². The van der Waals surface area contributed by atoms with Crippen molar-refractivity contribution in [3.63, 3.8) is 0 Å². The number of benzene rings is 2. The fraction of sp³-hybridized carbons (Fsp3) is 0.391. The number of nitrogens with zero attached hydrogens (tertiary/aromatic N) is 3. The number of amides is 1. The minimum atomic E-state index is -0.0904. The first kappa shape index (κ1) is 21.6. The van der Waals surface area contributed by atoms with Gasteiger partial charge in [0.1, 0.15) is 11.5 Å². The van der Waals surface area contributed by atoms with Crippen LogP contribution in [0.2, 0.25) is 0 Å². The number of para-hydroxylation sites is 1. The first-order valence-electron chi connectivity index (χ1n) is 10.2. The molecular formula is C23H30N4O3. The average Bonchev–Trinajstić information content (AvgIpc) is 2.81. The van der Waals surface area contributed by atoms with Crippen molar-refractivity contribution in [2.24, 2.45) is 5.10 Å². The lowest BCUT2D eigenvalue weighted by Gasteiger charge is -2.36. The summed E-state index contributed by atoms with van der Waals surface area (Å²) in [5.41, 5.74) is 5.41. The summed E-state index contributed by atoms with van der Waals surface area (Å²) in [6.07, 6.45) is 0.419. The first-order valence-corrected chi connectivity index (χ1v) is 10.2. The molecule has 7 nitrogen and oxygen atoms in total. The van der Waals surface area contributed by atoms with Crippen LogP contribution in [0.25, 0.3) is 0 Å². The van der Waals surface area contributed by atoms with Crippen molar-refractivity contribution >= 4 is 17.3 Å². The number of carbonyl (C=O) groups excluding carboxylic acids is 1. The van der Waals surface area contributed by atoms with E-state index in [0.717, 1.165) is 38.3 Å². The molecule has 1 fully saturated rings. The van der Waals surface area contributed by atoms with Crippen LogP contribution in [0.3, 0.4) is 0 Å². The maximum absolute atomic E-state index is 12.3. The summed E-state index contributed by atoms with van der Waals surface area (Å²) in [6, 6.07) is 16.0. The van der Waals surface area contributed by atoms with Crippen LogP contribution >= 0.6 is 0 Å². The Labute approximate surface area is 178 Å². The molecule has 160 valence electrons. The van der Waals surface area contributed by atoms with Crippen LogP contribution in [0.5, 0.6) is 11.5 Å². The van der Waals surface area contributed by atoms with Crippen LogP contribution in [0.1, 0.15) is 18.9 Å². The molecule has 1 aliphatic rings. The fourth-order valence-electron chi connectivity index (χ4n) is 3.49. The molecule has 0 aliphatic carbocycles. The van der Waals surface area contributed by atoms with Crippen LogP contribution in [0.15, 0.2) is 53.6 Å². The van der Waals surface area contributed by atoms with Gasteiger partial charge in [-0.2, -0.15) is 5.10 Å². The van der Waals surface area contributed by atoms with E-state index >= 15 is 0 Å². The number of anilines is 1. The summed E-state index contributed by atoms with van der Waals surface area (Å²) in [5.74, 6) is 1.27. The lowest BCUT2D eigenvalue weighted by atomic mass is 10.1. The van der Waals surface area contributed by atoms with Gasteiger partial charge in [-0.25, -0.2) is 5.43 Å². The summed E-state index contributed by atoms with van der Waals surface area (Å²) < 4.78 is 10.6. The van der Waals surface area contributed by atoms with E-state index < -0.39 is 0 Å². The Bertz CT molecular complexity index is 862. The van der Waals surface area contributed by atoms with Gasteiger partial charge in [0, 0.05) is 56.5 Å². The van der Waals surface area contributed by atoms with Crippen LogP contribution in [-0.4, -0.2) is 63.5 Å². The highest BCUT2D eigenvalue weighted by Crippen LogP contribution is 2.25.